The van der Waals surface area contributed by atoms with Gasteiger partial charge in [-0.3, -0.25) is 9.59 Å². The van der Waals surface area contributed by atoms with Gasteiger partial charge < -0.3 is 25.4 Å². The van der Waals surface area contributed by atoms with Crippen molar-refractivity contribution in [3.8, 4) is 5.75 Å². The quantitative estimate of drug-likeness (QED) is 0.501. The first-order chi connectivity index (χ1) is 16.4. The Morgan fingerprint density at radius 2 is 1.57 bits per heavy atom. The van der Waals surface area contributed by atoms with Crippen LogP contribution in [0.4, 0.5) is 4.79 Å². The summed E-state index contributed by atoms with van der Waals surface area (Å²) in [6.45, 7) is 10.9. The molecule has 0 radical (unpaired) electrons. The number of carbonyl (C=O) groups excluding carboxylic acids is 3. The second-order valence-corrected chi connectivity index (χ2v) is 9.67. The van der Waals surface area contributed by atoms with Crippen molar-refractivity contribution in [3.05, 3.63) is 65.7 Å². The van der Waals surface area contributed by atoms with Crippen LogP contribution in [0.15, 0.2) is 54.6 Å². The van der Waals surface area contributed by atoms with Crippen LogP contribution in [-0.4, -0.2) is 52.1 Å². The van der Waals surface area contributed by atoms with E-state index < -0.39 is 29.7 Å². The van der Waals surface area contributed by atoms with Crippen molar-refractivity contribution in [2.45, 2.75) is 71.7 Å². The van der Waals surface area contributed by atoms with E-state index in [2.05, 4.69) is 10.6 Å². The van der Waals surface area contributed by atoms with Crippen LogP contribution in [0.3, 0.4) is 0 Å². The molecule has 0 aliphatic heterocycles. The van der Waals surface area contributed by atoms with Gasteiger partial charge in [0.15, 0.2) is 0 Å². The van der Waals surface area contributed by atoms with Gasteiger partial charge in [-0.2, -0.15) is 0 Å². The number of carbonyl (C=O) groups is 3. The zero-order valence-corrected chi connectivity index (χ0v) is 21.4. The van der Waals surface area contributed by atoms with E-state index in [1.807, 2.05) is 44.2 Å². The van der Waals surface area contributed by atoms with E-state index in [0.717, 1.165) is 5.56 Å². The number of ether oxygens (including phenoxy) is 1. The maximum Gasteiger partial charge on any atom is 0.408 e. The van der Waals surface area contributed by atoms with Crippen LogP contribution in [0.1, 0.15) is 58.7 Å². The molecule has 2 aromatic carbocycles. The Balaban J connectivity index is 2.44. The Morgan fingerprint density at radius 3 is 2.09 bits per heavy atom. The summed E-state index contributed by atoms with van der Waals surface area (Å²) >= 11 is 0. The second kappa shape index (κ2) is 12.2. The van der Waals surface area contributed by atoms with E-state index in [0.29, 0.717) is 5.56 Å². The minimum absolute atomic E-state index is 0.0553. The fourth-order valence-corrected chi connectivity index (χ4v) is 3.66. The van der Waals surface area contributed by atoms with Crippen molar-refractivity contribution in [1.82, 2.24) is 15.5 Å². The minimum Gasteiger partial charge on any atom is -0.508 e. The molecule has 2 atom stereocenters. The maximum atomic E-state index is 13.9. The molecule has 190 valence electrons. The highest BCUT2D eigenvalue weighted by Gasteiger charge is 2.35. The lowest BCUT2D eigenvalue weighted by Crippen LogP contribution is -2.54. The number of aromatic hydroxyl groups is 1. The predicted molar refractivity (Wildman–Crippen MR) is 135 cm³/mol. The monoisotopic (exact) mass is 483 g/mol. The predicted octanol–water partition coefficient (Wildman–Crippen LogP) is 3.94. The average molecular weight is 484 g/mol. The molecule has 0 saturated carbocycles. The van der Waals surface area contributed by atoms with Gasteiger partial charge in [0.1, 0.15) is 23.4 Å². The van der Waals surface area contributed by atoms with Crippen LogP contribution in [0.25, 0.3) is 0 Å². The minimum atomic E-state index is -0.960. The topological polar surface area (TPSA) is 108 Å². The van der Waals surface area contributed by atoms with Crippen LogP contribution in [0, 0.1) is 0 Å². The third-order valence-corrected chi connectivity index (χ3v) is 5.10. The SMILES string of the molecule is CCN(C(=O)C(Cc1ccccc1)NC(=O)OC(C)(C)C)C(C(=O)NC(C)C)c1ccc(O)cc1. The number of hydrogen-bond acceptors (Lipinski definition) is 5. The zero-order valence-electron chi connectivity index (χ0n) is 21.4. The second-order valence-electron chi connectivity index (χ2n) is 9.67. The number of hydrogen-bond donors (Lipinski definition) is 3. The number of nitrogens with one attached hydrogen (secondary N) is 2. The van der Waals surface area contributed by atoms with Gasteiger partial charge in [-0.05, 0) is 64.8 Å². The molecule has 8 heteroatoms. The van der Waals surface area contributed by atoms with Crippen LogP contribution in [0.2, 0.25) is 0 Å². The standard InChI is InChI=1S/C27H37N3O5/c1-7-30(23(24(32)28-18(2)3)20-13-15-21(31)16-14-20)25(33)22(17-19-11-9-8-10-12-19)29-26(34)35-27(4,5)6/h8-16,18,22-23,31H,7,17H2,1-6H3,(H,28,32)(H,29,34). The molecule has 2 rings (SSSR count). The van der Waals surface area contributed by atoms with Crippen molar-refractivity contribution in [3.63, 3.8) is 0 Å². The summed E-state index contributed by atoms with van der Waals surface area (Å²) in [7, 11) is 0. The van der Waals surface area contributed by atoms with Crippen LogP contribution < -0.4 is 10.6 Å². The summed E-state index contributed by atoms with van der Waals surface area (Å²) in [5.74, 6) is -0.712. The molecule has 0 aliphatic carbocycles. The van der Waals surface area contributed by atoms with Gasteiger partial charge in [-0.15, -0.1) is 0 Å². The van der Waals surface area contributed by atoms with Gasteiger partial charge in [0.05, 0.1) is 0 Å². The van der Waals surface area contributed by atoms with Gasteiger partial charge in [-0.25, -0.2) is 4.79 Å². The highest BCUT2D eigenvalue weighted by atomic mass is 16.6. The van der Waals surface area contributed by atoms with Gasteiger partial charge in [0.2, 0.25) is 11.8 Å². The highest BCUT2D eigenvalue weighted by molar-refractivity contribution is 5.92. The molecule has 0 aliphatic rings. The first-order valence-corrected chi connectivity index (χ1v) is 11.8. The Hall–Kier alpha value is -3.55. The number of phenols is 1. The van der Waals surface area contributed by atoms with Crippen molar-refractivity contribution < 1.29 is 24.2 Å². The molecule has 35 heavy (non-hydrogen) atoms. The molecule has 0 aromatic heterocycles. The van der Waals surface area contributed by atoms with E-state index in [1.54, 1.807) is 39.8 Å². The molecule has 2 aromatic rings. The molecule has 0 bridgehead atoms. The molecule has 0 saturated heterocycles. The molecule has 0 heterocycles. The summed E-state index contributed by atoms with van der Waals surface area (Å²) in [6, 6.07) is 13.5. The van der Waals surface area contributed by atoms with E-state index in [9.17, 15) is 19.5 Å². The van der Waals surface area contributed by atoms with Gasteiger partial charge in [-0.1, -0.05) is 42.5 Å². The van der Waals surface area contributed by atoms with Crippen molar-refractivity contribution in [2.24, 2.45) is 0 Å². The maximum absolute atomic E-state index is 13.9. The van der Waals surface area contributed by atoms with E-state index >= 15 is 0 Å². The number of phenolic OH excluding ortho intramolecular Hbond substituents is 1. The van der Waals surface area contributed by atoms with Crippen molar-refractivity contribution >= 4 is 17.9 Å². The molecule has 0 spiro atoms. The Bertz CT molecular complexity index is 984. The van der Waals surface area contributed by atoms with Gasteiger partial charge >= 0.3 is 6.09 Å². The van der Waals surface area contributed by atoms with E-state index in [4.69, 9.17) is 4.74 Å². The van der Waals surface area contributed by atoms with Gasteiger partial charge in [0.25, 0.3) is 0 Å². The Labute approximate surface area is 207 Å². The summed E-state index contributed by atoms with van der Waals surface area (Å²) in [5, 5.41) is 15.3. The lowest BCUT2D eigenvalue weighted by atomic mass is 10.00. The lowest BCUT2D eigenvalue weighted by Gasteiger charge is -2.34. The molecular weight excluding hydrogens is 446 g/mol. The number of alkyl carbamates (subject to hydrolysis) is 1. The molecule has 0 fully saturated rings. The molecule has 3 amide bonds. The van der Waals surface area contributed by atoms with Crippen LogP contribution >= 0.6 is 0 Å². The number of benzene rings is 2. The first-order valence-electron chi connectivity index (χ1n) is 11.8. The Kier molecular flexibility index (Phi) is 9.68. The molecule has 3 N–H and O–H groups in total. The van der Waals surface area contributed by atoms with E-state index in [-0.39, 0.29) is 30.7 Å². The first kappa shape index (κ1) is 27.7. The normalized spacial score (nSPS) is 13.0. The number of amides is 3. The zero-order chi connectivity index (χ0) is 26.2. The van der Waals surface area contributed by atoms with Crippen molar-refractivity contribution in [2.75, 3.05) is 6.54 Å². The van der Waals surface area contributed by atoms with E-state index in [1.165, 1.54) is 17.0 Å². The molecule has 2 unspecified atom stereocenters. The van der Waals surface area contributed by atoms with Crippen LogP contribution in [0.5, 0.6) is 5.75 Å². The lowest BCUT2D eigenvalue weighted by molar-refractivity contribution is -0.142. The number of rotatable bonds is 9. The summed E-state index contributed by atoms with van der Waals surface area (Å²) in [5.41, 5.74) is 0.665. The smallest absolute Gasteiger partial charge is 0.408 e. The molecule has 8 nitrogen and oxygen atoms in total. The van der Waals surface area contributed by atoms with Crippen molar-refractivity contribution in [1.29, 1.82) is 0 Å². The highest BCUT2D eigenvalue weighted by Crippen LogP contribution is 2.25. The fourth-order valence-electron chi connectivity index (χ4n) is 3.66. The third kappa shape index (κ3) is 8.63. The van der Waals surface area contributed by atoms with Gasteiger partial charge in [0, 0.05) is 19.0 Å². The number of nitrogens with zero attached hydrogens (tertiary/aromatic N) is 1. The Morgan fingerprint density at radius 1 is 0.971 bits per heavy atom. The fraction of sp³-hybridized carbons (Fsp3) is 0.444. The largest absolute Gasteiger partial charge is 0.508 e. The average Bonchev–Trinajstić information content (AvgIpc) is 2.76. The molecular formula is C27H37N3O5. The third-order valence-electron chi connectivity index (χ3n) is 5.10. The van der Waals surface area contributed by atoms with Crippen LogP contribution in [-0.2, 0) is 20.7 Å². The summed E-state index contributed by atoms with van der Waals surface area (Å²) in [6.07, 6.45) is -0.487. The number of likely N-dealkylation sites (N-methyl/N-ethyl adjacent to an activating group) is 1. The summed E-state index contributed by atoms with van der Waals surface area (Å²) in [4.78, 5) is 41.2. The summed E-state index contributed by atoms with van der Waals surface area (Å²) < 4.78 is 5.40.